The summed E-state index contributed by atoms with van der Waals surface area (Å²) in [7, 11) is 3.89. The van der Waals surface area contributed by atoms with Gasteiger partial charge in [-0.05, 0) is 26.4 Å². The van der Waals surface area contributed by atoms with E-state index in [-0.39, 0.29) is 5.60 Å². The molecule has 17 heavy (non-hydrogen) atoms. The molecule has 1 aromatic carbocycles. The Morgan fingerprint density at radius 1 is 1.29 bits per heavy atom. The van der Waals surface area contributed by atoms with E-state index in [1.54, 1.807) is 7.11 Å². The maximum Gasteiger partial charge on any atom is 0.227 e. The van der Waals surface area contributed by atoms with Crippen LogP contribution in [0.15, 0.2) is 30.3 Å². The van der Waals surface area contributed by atoms with E-state index in [1.165, 1.54) is 6.42 Å². The summed E-state index contributed by atoms with van der Waals surface area (Å²) in [4.78, 5) is 2.33. The summed E-state index contributed by atoms with van der Waals surface area (Å²) in [6.07, 6.45) is 2.26. The number of epoxide rings is 1. The van der Waals surface area contributed by atoms with Crippen molar-refractivity contribution >= 4 is 0 Å². The largest absolute Gasteiger partial charge is 0.347 e. The van der Waals surface area contributed by atoms with Gasteiger partial charge in [-0.15, -0.1) is 0 Å². The van der Waals surface area contributed by atoms with Gasteiger partial charge in [-0.2, -0.15) is 0 Å². The fourth-order valence-electron chi connectivity index (χ4n) is 3.16. The van der Waals surface area contributed by atoms with Crippen LogP contribution in [0.3, 0.4) is 0 Å². The van der Waals surface area contributed by atoms with Crippen LogP contribution in [0, 0.1) is 0 Å². The zero-order valence-electron chi connectivity index (χ0n) is 10.5. The van der Waals surface area contributed by atoms with E-state index in [9.17, 15) is 0 Å². The van der Waals surface area contributed by atoms with Crippen molar-refractivity contribution in [2.75, 3.05) is 27.2 Å². The Morgan fingerprint density at radius 3 is 2.71 bits per heavy atom. The molecule has 2 saturated heterocycles. The Kier molecular flexibility index (Phi) is 2.51. The Bertz CT molecular complexity index is 408. The van der Waals surface area contributed by atoms with Crippen molar-refractivity contribution in [3.63, 3.8) is 0 Å². The summed E-state index contributed by atoms with van der Waals surface area (Å²) in [5.74, 6) is -0.511. The third-order valence-electron chi connectivity index (χ3n) is 3.98. The van der Waals surface area contributed by atoms with Crippen LogP contribution >= 0.6 is 0 Å². The predicted octanol–water partition coefficient (Wildman–Crippen LogP) is 1.98. The van der Waals surface area contributed by atoms with Crippen LogP contribution in [0.1, 0.15) is 18.4 Å². The number of hydrogen-bond acceptors (Lipinski definition) is 3. The van der Waals surface area contributed by atoms with Gasteiger partial charge in [0.2, 0.25) is 5.79 Å². The number of likely N-dealkylation sites (tertiary alicyclic amines) is 1. The number of hydrogen-bond donors (Lipinski definition) is 0. The quantitative estimate of drug-likeness (QED) is 0.730. The first kappa shape index (κ1) is 11.2. The van der Waals surface area contributed by atoms with Crippen LogP contribution in [0.5, 0.6) is 0 Å². The lowest BCUT2D eigenvalue weighted by atomic mass is 9.88. The topological polar surface area (TPSA) is 25.0 Å². The van der Waals surface area contributed by atoms with Crippen molar-refractivity contribution in [2.45, 2.75) is 24.2 Å². The fraction of sp³-hybridized carbons (Fsp3) is 0.571. The third-order valence-corrected chi connectivity index (χ3v) is 3.98. The van der Waals surface area contributed by atoms with Crippen LogP contribution in [0.25, 0.3) is 0 Å². The summed E-state index contributed by atoms with van der Waals surface area (Å²) in [6.45, 7) is 2.11. The molecule has 3 nitrogen and oxygen atoms in total. The second-order valence-electron chi connectivity index (χ2n) is 5.12. The molecule has 2 aliphatic heterocycles. The number of rotatable bonds is 2. The number of benzene rings is 1. The zero-order valence-corrected chi connectivity index (χ0v) is 10.5. The fourth-order valence-corrected chi connectivity index (χ4v) is 3.16. The van der Waals surface area contributed by atoms with E-state index in [4.69, 9.17) is 9.47 Å². The number of ether oxygens (including phenoxy) is 2. The first-order valence-electron chi connectivity index (χ1n) is 6.22. The van der Waals surface area contributed by atoms with E-state index in [1.807, 2.05) is 18.2 Å². The molecule has 1 aromatic rings. The predicted molar refractivity (Wildman–Crippen MR) is 65.7 cm³/mol. The molecule has 3 rings (SSSR count). The van der Waals surface area contributed by atoms with Gasteiger partial charge in [0.1, 0.15) is 5.60 Å². The van der Waals surface area contributed by atoms with Gasteiger partial charge in [-0.25, -0.2) is 0 Å². The smallest absolute Gasteiger partial charge is 0.227 e. The van der Waals surface area contributed by atoms with Gasteiger partial charge in [-0.1, -0.05) is 30.3 Å². The van der Waals surface area contributed by atoms with Crippen molar-refractivity contribution in [1.29, 1.82) is 0 Å². The van der Waals surface area contributed by atoms with E-state index in [0.717, 1.165) is 25.1 Å². The molecule has 0 radical (unpaired) electrons. The van der Waals surface area contributed by atoms with E-state index < -0.39 is 5.79 Å². The Balaban J connectivity index is 1.92. The molecule has 0 amide bonds. The van der Waals surface area contributed by atoms with Crippen molar-refractivity contribution in [1.82, 2.24) is 4.90 Å². The van der Waals surface area contributed by atoms with Crippen LogP contribution in [0.2, 0.25) is 0 Å². The molecule has 0 aromatic heterocycles. The number of nitrogens with zero attached hydrogens (tertiary/aromatic N) is 1. The van der Waals surface area contributed by atoms with Crippen LogP contribution in [-0.2, 0) is 15.3 Å². The molecular weight excluding hydrogens is 214 g/mol. The molecule has 2 heterocycles. The van der Waals surface area contributed by atoms with Gasteiger partial charge in [0, 0.05) is 19.2 Å². The molecule has 92 valence electrons. The van der Waals surface area contributed by atoms with Gasteiger partial charge in [0.05, 0.1) is 0 Å². The molecular formula is C14H19NO2. The summed E-state index contributed by atoms with van der Waals surface area (Å²) in [6, 6.07) is 10.3. The van der Waals surface area contributed by atoms with Crippen LogP contribution < -0.4 is 0 Å². The average Bonchev–Trinajstić information content (AvgIpc) is 2.98. The Labute approximate surface area is 102 Å². The van der Waals surface area contributed by atoms with Crippen molar-refractivity contribution in [3.05, 3.63) is 35.9 Å². The van der Waals surface area contributed by atoms with E-state index in [0.29, 0.717) is 0 Å². The lowest BCUT2D eigenvalue weighted by molar-refractivity contribution is -0.0157. The highest BCUT2D eigenvalue weighted by atomic mass is 16.8. The van der Waals surface area contributed by atoms with Crippen LogP contribution in [-0.4, -0.2) is 37.7 Å². The normalized spacial score (nSPS) is 37.3. The summed E-state index contributed by atoms with van der Waals surface area (Å²) < 4.78 is 11.8. The molecule has 0 bridgehead atoms. The average molecular weight is 233 g/mol. The summed E-state index contributed by atoms with van der Waals surface area (Å²) in [5.41, 5.74) is 1.01. The third kappa shape index (κ3) is 1.53. The molecule has 1 spiro atoms. The molecule has 0 saturated carbocycles. The van der Waals surface area contributed by atoms with Gasteiger partial charge in [0.15, 0.2) is 0 Å². The minimum atomic E-state index is -0.511. The second-order valence-corrected chi connectivity index (χ2v) is 5.12. The summed E-state index contributed by atoms with van der Waals surface area (Å²) in [5, 5.41) is 0. The highest BCUT2D eigenvalue weighted by Crippen LogP contribution is 2.59. The van der Waals surface area contributed by atoms with Crippen molar-refractivity contribution in [3.8, 4) is 0 Å². The molecule has 3 heteroatoms. The summed E-state index contributed by atoms with van der Waals surface area (Å²) >= 11 is 0. The van der Waals surface area contributed by atoms with Crippen LogP contribution in [0.4, 0.5) is 0 Å². The molecule has 0 aliphatic carbocycles. The van der Waals surface area contributed by atoms with Gasteiger partial charge in [0.25, 0.3) is 0 Å². The number of piperidine rings is 1. The first-order chi connectivity index (χ1) is 8.22. The standard InChI is InChI=1S/C14H19NO2/c1-15-10-6-9-13(11-15)14(16-2,17-13)12-7-4-3-5-8-12/h3-5,7-8H,6,9-11H2,1-2H3/t13-,14-/m0/s1. The second kappa shape index (κ2) is 3.80. The highest BCUT2D eigenvalue weighted by Gasteiger charge is 2.72. The van der Waals surface area contributed by atoms with E-state index in [2.05, 4.69) is 24.1 Å². The maximum absolute atomic E-state index is 6.07. The van der Waals surface area contributed by atoms with Crippen molar-refractivity contribution < 1.29 is 9.47 Å². The molecule has 2 fully saturated rings. The number of methoxy groups -OCH3 is 1. The lowest BCUT2D eigenvalue weighted by Gasteiger charge is -2.29. The molecule has 0 N–H and O–H groups in total. The van der Waals surface area contributed by atoms with Crippen molar-refractivity contribution in [2.24, 2.45) is 0 Å². The van der Waals surface area contributed by atoms with Gasteiger partial charge >= 0.3 is 0 Å². The minimum Gasteiger partial charge on any atom is -0.347 e. The molecule has 2 aliphatic rings. The number of likely N-dealkylation sites (N-methyl/N-ethyl adjacent to an activating group) is 1. The lowest BCUT2D eigenvalue weighted by Crippen LogP contribution is -2.42. The minimum absolute atomic E-state index is 0.129. The van der Waals surface area contributed by atoms with Gasteiger partial charge < -0.3 is 14.4 Å². The van der Waals surface area contributed by atoms with Gasteiger partial charge in [-0.3, -0.25) is 0 Å². The first-order valence-corrected chi connectivity index (χ1v) is 6.22. The Hall–Kier alpha value is -0.900. The Morgan fingerprint density at radius 2 is 2.06 bits per heavy atom. The maximum atomic E-state index is 6.07. The monoisotopic (exact) mass is 233 g/mol. The zero-order chi connectivity index (χ0) is 11.9. The highest BCUT2D eigenvalue weighted by molar-refractivity contribution is 5.31. The molecule has 0 unspecified atom stereocenters. The van der Waals surface area contributed by atoms with E-state index >= 15 is 0 Å². The SMILES string of the molecule is CO[C@@]1(c2ccccc2)O[C@]12CCCN(C)C2. The molecule has 2 atom stereocenters.